The summed E-state index contributed by atoms with van der Waals surface area (Å²) in [6, 6.07) is 22.7. The summed E-state index contributed by atoms with van der Waals surface area (Å²) in [5.41, 5.74) is 5.15. The van der Waals surface area contributed by atoms with Gasteiger partial charge in [0.2, 0.25) is 0 Å². The predicted octanol–water partition coefficient (Wildman–Crippen LogP) is 4.70. The van der Waals surface area contributed by atoms with Crippen LogP contribution in [-0.4, -0.2) is 23.8 Å². The first-order valence-electron chi connectivity index (χ1n) is 10.1. The number of imide groups is 1. The molecule has 1 N–H and O–H groups in total. The van der Waals surface area contributed by atoms with E-state index < -0.39 is 0 Å². The van der Waals surface area contributed by atoms with Crippen LogP contribution >= 0.6 is 0 Å². The van der Waals surface area contributed by atoms with E-state index in [4.69, 9.17) is 4.74 Å². The minimum Gasteiger partial charge on any atom is -0.497 e. The van der Waals surface area contributed by atoms with Crippen molar-refractivity contribution in [1.82, 2.24) is 4.90 Å². The summed E-state index contributed by atoms with van der Waals surface area (Å²) in [5, 5.41) is 3.17. The molecule has 1 heterocycles. The molecule has 0 unspecified atom stereocenters. The van der Waals surface area contributed by atoms with E-state index >= 15 is 0 Å². The number of nitrogens with zero attached hydrogens (tertiary/aromatic N) is 1. The summed E-state index contributed by atoms with van der Waals surface area (Å²) < 4.78 is 5.28. The molecule has 1 aliphatic rings. The number of rotatable bonds is 6. The number of carbonyl (C=O) groups is 2. The van der Waals surface area contributed by atoms with Crippen LogP contribution in [0.2, 0.25) is 0 Å². The Balaban J connectivity index is 1.73. The molecule has 0 bridgehead atoms. The first kappa shape index (κ1) is 20.4. The SMILES string of the molecule is COc1cccc(NC2=C(c3ccc(C)cc3)C(=O)N(Cc3ccc(C)cc3)C2=O)c1. The number of amides is 2. The number of benzene rings is 3. The standard InChI is InChI=1S/C26H24N2O3/c1-17-7-11-19(12-8-17)16-28-25(29)23(20-13-9-18(2)10-14-20)24(26(28)30)27-21-5-4-6-22(15-21)31-3/h4-15,27H,16H2,1-3H3. The topological polar surface area (TPSA) is 58.6 Å². The highest BCUT2D eigenvalue weighted by Crippen LogP contribution is 2.32. The molecular formula is C26H24N2O3. The molecule has 3 aromatic carbocycles. The van der Waals surface area contributed by atoms with Gasteiger partial charge in [-0.05, 0) is 37.1 Å². The molecule has 31 heavy (non-hydrogen) atoms. The fourth-order valence-electron chi connectivity index (χ4n) is 3.54. The predicted molar refractivity (Wildman–Crippen MR) is 121 cm³/mol. The third kappa shape index (κ3) is 4.21. The van der Waals surface area contributed by atoms with Gasteiger partial charge in [-0.25, -0.2) is 0 Å². The van der Waals surface area contributed by atoms with E-state index in [-0.39, 0.29) is 24.1 Å². The monoisotopic (exact) mass is 412 g/mol. The lowest BCUT2D eigenvalue weighted by Gasteiger charge is -2.15. The summed E-state index contributed by atoms with van der Waals surface area (Å²) in [6.07, 6.45) is 0. The van der Waals surface area contributed by atoms with Gasteiger partial charge in [0.05, 0.1) is 19.2 Å². The molecule has 0 radical (unpaired) electrons. The highest BCUT2D eigenvalue weighted by Gasteiger charge is 2.39. The van der Waals surface area contributed by atoms with E-state index in [9.17, 15) is 9.59 Å². The molecule has 5 heteroatoms. The van der Waals surface area contributed by atoms with Crippen molar-refractivity contribution in [2.45, 2.75) is 20.4 Å². The van der Waals surface area contributed by atoms with Crippen LogP contribution in [0, 0.1) is 13.8 Å². The minimum absolute atomic E-state index is 0.219. The van der Waals surface area contributed by atoms with Gasteiger partial charge < -0.3 is 10.1 Å². The lowest BCUT2D eigenvalue weighted by atomic mass is 10.0. The van der Waals surface area contributed by atoms with Crippen LogP contribution in [0.3, 0.4) is 0 Å². The molecule has 0 atom stereocenters. The Hall–Kier alpha value is -3.86. The van der Waals surface area contributed by atoms with Crippen molar-refractivity contribution in [3.63, 3.8) is 0 Å². The molecule has 3 aromatic rings. The second-order valence-electron chi connectivity index (χ2n) is 7.66. The summed E-state index contributed by atoms with van der Waals surface area (Å²) in [4.78, 5) is 28.0. The zero-order valence-corrected chi connectivity index (χ0v) is 17.8. The Morgan fingerprint density at radius 3 is 2.13 bits per heavy atom. The van der Waals surface area contributed by atoms with Gasteiger partial charge in [0.1, 0.15) is 11.4 Å². The van der Waals surface area contributed by atoms with Crippen LogP contribution < -0.4 is 10.1 Å². The fourth-order valence-corrected chi connectivity index (χ4v) is 3.54. The van der Waals surface area contributed by atoms with Gasteiger partial charge in [0, 0.05) is 11.8 Å². The van der Waals surface area contributed by atoms with Crippen LogP contribution in [0.5, 0.6) is 5.75 Å². The molecule has 156 valence electrons. The van der Waals surface area contributed by atoms with Gasteiger partial charge >= 0.3 is 0 Å². The number of hydrogen-bond acceptors (Lipinski definition) is 4. The van der Waals surface area contributed by atoms with Gasteiger partial charge in [-0.1, -0.05) is 65.7 Å². The molecule has 5 nitrogen and oxygen atoms in total. The molecule has 0 spiro atoms. The number of anilines is 1. The number of nitrogens with one attached hydrogen (secondary N) is 1. The van der Waals surface area contributed by atoms with Crippen LogP contribution in [0.15, 0.2) is 78.5 Å². The van der Waals surface area contributed by atoms with Gasteiger partial charge in [0.15, 0.2) is 0 Å². The maximum atomic E-state index is 13.4. The lowest BCUT2D eigenvalue weighted by Crippen LogP contribution is -2.32. The average molecular weight is 412 g/mol. The molecule has 4 rings (SSSR count). The lowest BCUT2D eigenvalue weighted by molar-refractivity contribution is -0.137. The Morgan fingerprint density at radius 1 is 0.839 bits per heavy atom. The van der Waals surface area contributed by atoms with E-state index in [0.717, 1.165) is 16.7 Å². The highest BCUT2D eigenvalue weighted by molar-refractivity contribution is 6.36. The van der Waals surface area contributed by atoms with Crippen molar-refractivity contribution >= 4 is 23.1 Å². The van der Waals surface area contributed by atoms with E-state index in [1.54, 1.807) is 13.2 Å². The van der Waals surface area contributed by atoms with Gasteiger partial charge in [0.25, 0.3) is 11.8 Å². The summed E-state index contributed by atoms with van der Waals surface area (Å²) in [6.45, 7) is 4.21. The largest absolute Gasteiger partial charge is 0.497 e. The average Bonchev–Trinajstić information content (AvgIpc) is 3.00. The number of hydrogen-bond donors (Lipinski definition) is 1. The van der Waals surface area contributed by atoms with Crippen LogP contribution in [-0.2, 0) is 16.1 Å². The molecule has 0 fully saturated rings. The quantitative estimate of drug-likeness (QED) is 0.596. The summed E-state index contributed by atoms with van der Waals surface area (Å²) in [7, 11) is 1.59. The van der Waals surface area contributed by atoms with E-state index in [1.165, 1.54) is 4.90 Å². The van der Waals surface area contributed by atoms with Gasteiger partial charge in [-0.2, -0.15) is 0 Å². The molecule has 0 saturated carbocycles. The number of carbonyl (C=O) groups excluding carboxylic acids is 2. The number of ether oxygens (including phenoxy) is 1. The zero-order valence-electron chi connectivity index (χ0n) is 17.8. The van der Waals surface area contributed by atoms with Crippen LogP contribution in [0.25, 0.3) is 5.57 Å². The van der Waals surface area contributed by atoms with Crippen molar-refractivity contribution in [3.05, 3.63) is 101 Å². The third-order valence-corrected chi connectivity index (χ3v) is 5.31. The fraction of sp³-hybridized carbons (Fsp3) is 0.154. The number of aryl methyl sites for hydroxylation is 2. The van der Waals surface area contributed by atoms with Crippen molar-refractivity contribution in [1.29, 1.82) is 0 Å². The summed E-state index contributed by atoms with van der Waals surface area (Å²) >= 11 is 0. The molecule has 2 amide bonds. The molecule has 0 saturated heterocycles. The third-order valence-electron chi connectivity index (χ3n) is 5.31. The molecular weight excluding hydrogens is 388 g/mol. The van der Waals surface area contributed by atoms with Crippen molar-refractivity contribution in [2.24, 2.45) is 0 Å². The van der Waals surface area contributed by atoms with E-state index in [2.05, 4.69) is 5.32 Å². The number of methoxy groups -OCH3 is 1. The normalized spacial score (nSPS) is 13.7. The van der Waals surface area contributed by atoms with Crippen molar-refractivity contribution in [3.8, 4) is 5.75 Å². The zero-order chi connectivity index (χ0) is 22.0. The Kier molecular flexibility index (Phi) is 5.58. The minimum atomic E-state index is -0.344. The summed E-state index contributed by atoms with van der Waals surface area (Å²) in [5.74, 6) is 0.0135. The van der Waals surface area contributed by atoms with Crippen LogP contribution in [0.1, 0.15) is 22.3 Å². The van der Waals surface area contributed by atoms with Gasteiger partial charge in [-0.15, -0.1) is 0 Å². The van der Waals surface area contributed by atoms with Crippen molar-refractivity contribution < 1.29 is 14.3 Å². The smallest absolute Gasteiger partial charge is 0.278 e. The van der Waals surface area contributed by atoms with Gasteiger partial charge in [-0.3, -0.25) is 14.5 Å². The Morgan fingerprint density at radius 2 is 1.48 bits per heavy atom. The molecule has 0 aliphatic carbocycles. The maximum Gasteiger partial charge on any atom is 0.278 e. The van der Waals surface area contributed by atoms with Crippen LogP contribution in [0.4, 0.5) is 5.69 Å². The van der Waals surface area contributed by atoms with E-state index in [1.807, 2.05) is 80.6 Å². The highest BCUT2D eigenvalue weighted by atomic mass is 16.5. The first-order valence-corrected chi connectivity index (χ1v) is 10.1. The second kappa shape index (κ2) is 8.48. The Bertz CT molecular complexity index is 1160. The maximum absolute atomic E-state index is 13.4. The first-order chi connectivity index (χ1) is 15.0. The second-order valence-corrected chi connectivity index (χ2v) is 7.66. The van der Waals surface area contributed by atoms with Crippen molar-refractivity contribution in [2.75, 3.05) is 12.4 Å². The molecule has 0 aromatic heterocycles. The van der Waals surface area contributed by atoms with E-state index in [0.29, 0.717) is 22.6 Å². The Labute approximate surface area is 182 Å². The molecule has 1 aliphatic heterocycles.